The summed E-state index contributed by atoms with van der Waals surface area (Å²) in [6.07, 6.45) is 2.46. The van der Waals surface area contributed by atoms with E-state index >= 15 is 0 Å². The number of fused-ring (bicyclic) bond motifs is 1. The number of amides is 1. The van der Waals surface area contributed by atoms with Gasteiger partial charge < -0.3 is 15.0 Å². The van der Waals surface area contributed by atoms with Gasteiger partial charge in [0.1, 0.15) is 0 Å². The molecule has 2 aromatic carbocycles. The van der Waals surface area contributed by atoms with Gasteiger partial charge in [-0.2, -0.15) is 0 Å². The van der Waals surface area contributed by atoms with Gasteiger partial charge in [0.15, 0.2) is 5.75 Å². The maximum absolute atomic E-state index is 12.0. The van der Waals surface area contributed by atoms with Gasteiger partial charge in [-0.15, -0.1) is 0 Å². The fourth-order valence-electron chi connectivity index (χ4n) is 2.56. The Morgan fingerprint density at radius 3 is 2.84 bits per heavy atom. The van der Waals surface area contributed by atoms with Crippen molar-refractivity contribution in [3.8, 4) is 5.75 Å². The zero-order valence-corrected chi connectivity index (χ0v) is 13.3. The zero-order valence-electron chi connectivity index (χ0n) is 13.3. The van der Waals surface area contributed by atoms with Crippen LogP contribution in [0.1, 0.15) is 16.8 Å². The Balaban J connectivity index is 1.54. The van der Waals surface area contributed by atoms with Gasteiger partial charge in [0.25, 0.3) is 5.91 Å². The molecule has 1 heterocycles. The fraction of sp³-hybridized carbons (Fsp3) is 0.176. The Morgan fingerprint density at radius 2 is 2.08 bits per heavy atom. The predicted octanol–water partition coefficient (Wildman–Crippen LogP) is 2.47. The summed E-state index contributed by atoms with van der Waals surface area (Å²) in [5.74, 6) is -0.914. The van der Waals surface area contributed by atoms with Gasteiger partial charge in [0, 0.05) is 24.7 Å². The number of benzene rings is 2. The molecular weight excluding hydrogens is 324 g/mol. The van der Waals surface area contributed by atoms with Crippen LogP contribution >= 0.6 is 0 Å². The lowest BCUT2D eigenvalue weighted by Crippen LogP contribution is -2.25. The normalized spacial score (nSPS) is 10.7. The molecule has 0 spiro atoms. The topological polar surface area (TPSA) is 110 Å². The molecule has 0 fully saturated rings. The molecule has 2 N–H and O–H groups in total. The molecule has 0 unspecified atom stereocenters. The van der Waals surface area contributed by atoms with Crippen LogP contribution in [-0.4, -0.2) is 32.0 Å². The molecule has 0 aliphatic rings. The molecule has 0 bridgehead atoms. The zero-order chi connectivity index (χ0) is 17.8. The molecule has 0 radical (unpaired) electrons. The summed E-state index contributed by atoms with van der Waals surface area (Å²) < 4.78 is 2.01. The minimum absolute atomic E-state index is 0.177. The first-order chi connectivity index (χ1) is 12.1. The van der Waals surface area contributed by atoms with E-state index < -0.39 is 16.4 Å². The summed E-state index contributed by atoms with van der Waals surface area (Å²) in [6.45, 7) is 1.13. The van der Waals surface area contributed by atoms with Crippen LogP contribution in [-0.2, 0) is 6.54 Å². The summed E-state index contributed by atoms with van der Waals surface area (Å²) in [6, 6.07) is 11.3. The number of phenolic OH excluding ortho intramolecular Hbond substituents is 1. The summed E-state index contributed by atoms with van der Waals surface area (Å²) in [5, 5.41) is 23.0. The van der Waals surface area contributed by atoms with Crippen LogP contribution in [0.5, 0.6) is 5.75 Å². The maximum Gasteiger partial charge on any atom is 0.310 e. The number of aryl methyl sites for hydroxylation is 1. The Kier molecular flexibility index (Phi) is 4.60. The van der Waals surface area contributed by atoms with Crippen molar-refractivity contribution >= 4 is 22.6 Å². The third-order valence-corrected chi connectivity index (χ3v) is 3.82. The molecule has 25 heavy (non-hydrogen) atoms. The van der Waals surface area contributed by atoms with Crippen molar-refractivity contribution in [1.29, 1.82) is 0 Å². The van der Waals surface area contributed by atoms with Crippen LogP contribution in [0.3, 0.4) is 0 Å². The molecular formula is C17H16N4O4. The van der Waals surface area contributed by atoms with Crippen LogP contribution in [0, 0.1) is 10.1 Å². The SMILES string of the molecule is O=C(NCCCn1cnc2ccccc21)c1ccc([N+](=O)[O-])c(O)c1. The Morgan fingerprint density at radius 1 is 1.28 bits per heavy atom. The molecule has 8 heteroatoms. The summed E-state index contributed by atoms with van der Waals surface area (Å²) in [4.78, 5) is 26.3. The van der Waals surface area contributed by atoms with Gasteiger partial charge in [-0.3, -0.25) is 14.9 Å². The molecule has 3 rings (SSSR count). The first-order valence-electron chi connectivity index (χ1n) is 7.72. The molecule has 8 nitrogen and oxygen atoms in total. The first-order valence-corrected chi connectivity index (χ1v) is 7.72. The molecule has 0 atom stereocenters. The maximum atomic E-state index is 12.0. The van der Waals surface area contributed by atoms with Crippen LogP contribution < -0.4 is 5.32 Å². The van der Waals surface area contributed by atoms with E-state index in [0.29, 0.717) is 19.5 Å². The van der Waals surface area contributed by atoms with E-state index in [1.54, 1.807) is 6.33 Å². The van der Waals surface area contributed by atoms with E-state index in [4.69, 9.17) is 0 Å². The smallest absolute Gasteiger partial charge is 0.310 e. The van der Waals surface area contributed by atoms with Crippen LogP contribution in [0.2, 0.25) is 0 Å². The molecule has 128 valence electrons. The van der Waals surface area contributed by atoms with Crippen LogP contribution in [0.25, 0.3) is 11.0 Å². The minimum Gasteiger partial charge on any atom is -0.502 e. The number of nitrogens with one attached hydrogen (secondary N) is 1. The number of nitrogens with zero attached hydrogens (tertiary/aromatic N) is 3. The second kappa shape index (κ2) is 7.00. The minimum atomic E-state index is -0.702. The summed E-state index contributed by atoms with van der Waals surface area (Å²) in [5.41, 5.74) is 1.71. The van der Waals surface area contributed by atoms with Crippen molar-refractivity contribution in [1.82, 2.24) is 14.9 Å². The summed E-state index contributed by atoms with van der Waals surface area (Å²) in [7, 11) is 0. The monoisotopic (exact) mass is 340 g/mol. The average Bonchev–Trinajstić information content (AvgIpc) is 3.01. The Bertz CT molecular complexity index is 935. The molecule has 0 saturated carbocycles. The van der Waals surface area contributed by atoms with Crippen LogP contribution in [0.15, 0.2) is 48.8 Å². The lowest BCUT2D eigenvalue weighted by atomic mass is 10.1. The standard InChI is InChI=1S/C17H16N4O4/c22-16-10-12(6-7-15(16)21(24)25)17(23)18-8-3-9-20-11-19-13-4-1-2-5-14(13)20/h1-2,4-7,10-11,22H,3,8-9H2,(H,18,23). The van der Waals surface area contributed by atoms with E-state index in [0.717, 1.165) is 23.2 Å². The lowest BCUT2D eigenvalue weighted by Gasteiger charge is -2.07. The second-order valence-electron chi connectivity index (χ2n) is 5.50. The van der Waals surface area contributed by atoms with Gasteiger partial charge in [-0.25, -0.2) is 4.98 Å². The van der Waals surface area contributed by atoms with Crippen molar-refractivity contribution in [2.45, 2.75) is 13.0 Å². The number of phenols is 1. The number of imidazole rings is 1. The van der Waals surface area contributed by atoms with Crippen molar-refractivity contribution in [3.05, 3.63) is 64.5 Å². The highest BCUT2D eigenvalue weighted by Crippen LogP contribution is 2.26. The highest BCUT2D eigenvalue weighted by atomic mass is 16.6. The average molecular weight is 340 g/mol. The largest absolute Gasteiger partial charge is 0.502 e. The van der Waals surface area contributed by atoms with Gasteiger partial charge in [0.2, 0.25) is 0 Å². The third-order valence-electron chi connectivity index (χ3n) is 3.82. The Hall–Kier alpha value is -3.42. The lowest BCUT2D eigenvalue weighted by molar-refractivity contribution is -0.385. The number of rotatable bonds is 6. The van der Waals surface area contributed by atoms with E-state index in [1.807, 2.05) is 28.8 Å². The van der Waals surface area contributed by atoms with E-state index in [-0.39, 0.29) is 11.5 Å². The fourth-order valence-corrected chi connectivity index (χ4v) is 2.56. The van der Waals surface area contributed by atoms with Gasteiger partial charge in [-0.1, -0.05) is 12.1 Å². The molecule has 0 aliphatic heterocycles. The van der Waals surface area contributed by atoms with Crippen molar-refractivity contribution in [2.75, 3.05) is 6.54 Å². The van der Waals surface area contributed by atoms with Crippen molar-refractivity contribution < 1.29 is 14.8 Å². The van der Waals surface area contributed by atoms with Gasteiger partial charge in [-0.05, 0) is 30.7 Å². The number of hydrogen-bond donors (Lipinski definition) is 2. The Labute approximate surface area is 142 Å². The number of hydrogen-bond acceptors (Lipinski definition) is 5. The van der Waals surface area contributed by atoms with Crippen molar-refractivity contribution in [2.24, 2.45) is 0 Å². The predicted molar refractivity (Wildman–Crippen MR) is 91.4 cm³/mol. The molecule has 3 aromatic rings. The number of carbonyl (C=O) groups excluding carboxylic acids is 1. The number of para-hydroxylation sites is 2. The molecule has 0 aliphatic carbocycles. The number of carbonyl (C=O) groups is 1. The first kappa shape index (κ1) is 16.4. The van der Waals surface area contributed by atoms with Gasteiger partial charge in [0.05, 0.1) is 22.3 Å². The second-order valence-corrected chi connectivity index (χ2v) is 5.50. The summed E-state index contributed by atoms with van der Waals surface area (Å²) >= 11 is 0. The van der Waals surface area contributed by atoms with E-state index in [9.17, 15) is 20.0 Å². The van der Waals surface area contributed by atoms with E-state index in [2.05, 4.69) is 10.3 Å². The molecule has 1 aromatic heterocycles. The van der Waals surface area contributed by atoms with Crippen LogP contribution in [0.4, 0.5) is 5.69 Å². The highest BCUT2D eigenvalue weighted by molar-refractivity contribution is 5.95. The number of nitro groups is 1. The number of nitro benzene ring substituents is 1. The number of aromatic hydroxyl groups is 1. The molecule has 1 amide bonds. The quantitative estimate of drug-likeness (QED) is 0.407. The van der Waals surface area contributed by atoms with Gasteiger partial charge >= 0.3 is 5.69 Å². The van der Waals surface area contributed by atoms with E-state index in [1.165, 1.54) is 6.07 Å². The molecule has 0 saturated heterocycles. The number of aromatic nitrogens is 2. The van der Waals surface area contributed by atoms with Crippen molar-refractivity contribution in [3.63, 3.8) is 0 Å². The third kappa shape index (κ3) is 3.57. The highest BCUT2D eigenvalue weighted by Gasteiger charge is 2.15.